The van der Waals surface area contributed by atoms with E-state index >= 15 is 0 Å². The van der Waals surface area contributed by atoms with Gasteiger partial charge < -0.3 is 0 Å². The van der Waals surface area contributed by atoms with Crippen molar-refractivity contribution >= 4 is 23.5 Å². The highest BCUT2D eigenvalue weighted by atomic mass is 16.1. The number of isocyanates is 2. The molecule has 0 saturated heterocycles. The molecule has 0 aliphatic heterocycles. The Morgan fingerprint density at radius 3 is 1.71 bits per heavy atom. The fraction of sp³-hybridized carbons (Fsp3) is 0.385. The second-order valence-corrected chi connectivity index (χ2v) is 4.80. The van der Waals surface area contributed by atoms with Crippen LogP contribution in [0.4, 0.5) is 11.4 Å². The zero-order valence-corrected chi connectivity index (χ0v) is 10.4. The van der Waals surface area contributed by atoms with E-state index in [9.17, 15) is 9.59 Å². The summed E-state index contributed by atoms with van der Waals surface area (Å²) in [5.74, 6) is 0. The van der Waals surface area contributed by atoms with Crippen molar-refractivity contribution < 1.29 is 9.59 Å². The number of rotatable bonds is 2. The van der Waals surface area contributed by atoms with Crippen LogP contribution in [0.2, 0.25) is 0 Å². The molecule has 0 atom stereocenters. The van der Waals surface area contributed by atoms with E-state index in [-0.39, 0.29) is 5.41 Å². The highest BCUT2D eigenvalue weighted by molar-refractivity contribution is 5.67. The largest absolute Gasteiger partial charge is 0.240 e. The van der Waals surface area contributed by atoms with E-state index in [0.29, 0.717) is 16.9 Å². The van der Waals surface area contributed by atoms with Crippen molar-refractivity contribution in [1.29, 1.82) is 0 Å². The Kier molecular flexibility index (Phi) is 3.74. The van der Waals surface area contributed by atoms with E-state index in [0.717, 1.165) is 5.56 Å². The van der Waals surface area contributed by atoms with Gasteiger partial charge in [-0.3, -0.25) is 0 Å². The monoisotopic (exact) mass is 230 g/mol. The summed E-state index contributed by atoms with van der Waals surface area (Å²) in [6, 6.07) is 3.62. The normalized spacial score (nSPS) is 10.4. The Labute approximate surface area is 100 Å². The van der Waals surface area contributed by atoms with E-state index < -0.39 is 0 Å². The standard InChI is InChI=1S/C13H14N2O2/c1-9-11(14-7-16)5-10(13(2,3)4)6-12(9)15-8-17/h5-6H,1-4H3. The molecule has 0 saturated carbocycles. The molecule has 0 spiro atoms. The molecule has 0 aliphatic rings. The van der Waals surface area contributed by atoms with Crippen molar-refractivity contribution in [3.05, 3.63) is 23.3 Å². The number of nitrogens with zero attached hydrogens (tertiary/aromatic N) is 2. The van der Waals surface area contributed by atoms with Crippen LogP contribution in [0.1, 0.15) is 31.9 Å². The minimum absolute atomic E-state index is 0.117. The van der Waals surface area contributed by atoms with Crippen molar-refractivity contribution in [2.24, 2.45) is 9.98 Å². The predicted molar refractivity (Wildman–Crippen MR) is 65.4 cm³/mol. The van der Waals surface area contributed by atoms with Gasteiger partial charge in [-0.25, -0.2) is 9.59 Å². The lowest BCUT2D eigenvalue weighted by atomic mass is 9.85. The Morgan fingerprint density at radius 1 is 1.00 bits per heavy atom. The van der Waals surface area contributed by atoms with Crippen molar-refractivity contribution in [1.82, 2.24) is 0 Å². The van der Waals surface area contributed by atoms with Crippen molar-refractivity contribution in [2.45, 2.75) is 33.1 Å². The first-order chi connectivity index (χ1) is 7.90. The Morgan fingerprint density at radius 2 is 1.41 bits per heavy atom. The van der Waals surface area contributed by atoms with Crippen molar-refractivity contribution in [3.8, 4) is 0 Å². The molecule has 0 aromatic heterocycles. The van der Waals surface area contributed by atoms with Crippen LogP contribution in [0.5, 0.6) is 0 Å². The smallest absolute Gasteiger partial charge is 0.211 e. The molecule has 0 bridgehead atoms. The van der Waals surface area contributed by atoms with E-state index in [2.05, 4.69) is 9.98 Å². The average molecular weight is 230 g/mol. The lowest BCUT2D eigenvalue weighted by Crippen LogP contribution is -2.10. The van der Waals surface area contributed by atoms with E-state index in [4.69, 9.17) is 0 Å². The van der Waals surface area contributed by atoms with E-state index in [1.807, 2.05) is 32.9 Å². The summed E-state index contributed by atoms with van der Waals surface area (Å²) in [7, 11) is 0. The molecular weight excluding hydrogens is 216 g/mol. The maximum Gasteiger partial charge on any atom is 0.240 e. The molecule has 1 aromatic rings. The lowest BCUT2D eigenvalue weighted by Gasteiger charge is -2.20. The Hall–Kier alpha value is -2.02. The maximum atomic E-state index is 10.4. The topological polar surface area (TPSA) is 58.9 Å². The van der Waals surface area contributed by atoms with E-state index in [1.54, 1.807) is 6.92 Å². The SMILES string of the molecule is Cc1c(N=C=O)cc(C(C)(C)C)cc1N=C=O. The fourth-order valence-electron chi connectivity index (χ4n) is 1.45. The van der Waals surface area contributed by atoms with E-state index in [1.165, 1.54) is 12.2 Å². The van der Waals surface area contributed by atoms with Crippen LogP contribution in [0, 0.1) is 6.92 Å². The van der Waals surface area contributed by atoms with Crippen molar-refractivity contribution in [2.75, 3.05) is 0 Å². The highest BCUT2D eigenvalue weighted by Crippen LogP contribution is 2.34. The minimum Gasteiger partial charge on any atom is -0.211 e. The molecule has 4 nitrogen and oxygen atoms in total. The van der Waals surface area contributed by atoms with Crippen LogP contribution >= 0.6 is 0 Å². The summed E-state index contributed by atoms with van der Waals surface area (Å²) in [4.78, 5) is 28.0. The summed E-state index contributed by atoms with van der Waals surface area (Å²) in [6.45, 7) is 7.83. The van der Waals surface area contributed by atoms with Gasteiger partial charge in [-0.05, 0) is 30.0 Å². The summed E-state index contributed by atoms with van der Waals surface area (Å²) in [5.41, 5.74) is 2.48. The quantitative estimate of drug-likeness (QED) is 0.578. The lowest BCUT2D eigenvalue weighted by molar-refractivity contribution is 0.565. The summed E-state index contributed by atoms with van der Waals surface area (Å²) >= 11 is 0. The minimum atomic E-state index is -0.117. The molecular formula is C13H14N2O2. The second-order valence-electron chi connectivity index (χ2n) is 4.80. The van der Waals surface area contributed by atoms with Gasteiger partial charge in [0.1, 0.15) is 0 Å². The average Bonchev–Trinajstić information content (AvgIpc) is 2.22. The number of aliphatic imine (C=N–C) groups is 2. The van der Waals surface area contributed by atoms with Crippen LogP contribution < -0.4 is 0 Å². The van der Waals surface area contributed by atoms with Gasteiger partial charge in [0.15, 0.2) is 0 Å². The Balaban J connectivity index is 3.57. The molecule has 0 aliphatic carbocycles. The molecule has 17 heavy (non-hydrogen) atoms. The van der Waals surface area contributed by atoms with Gasteiger partial charge >= 0.3 is 0 Å². The maximum absolute atomic E-state index is 10.4. The first-order valence-corrected chi connectivity index (χ1v) is 5.21. The van der Waals surface area contributed by atoms with Crippen LogP contribution in [-0.2, 0) is 15.0 Å². The van der Waals surface area contributed by atoms with Gasteiger partial charge in [-0.15, -0.1) is 0 Å². The number of carbonyl (C=O) groups excluding carboxylic acids is 2. The molecule has 88 valence electrons. The van der Waals surface area contributed by atoms with Gasteiger partial charge in [0.05, 0.1) is 11.4 Å². The fourth-order valence-corrected chi connectivity index (χ4v) is 1.45. The number of benzene rings is 1. The van der Waals surface area contributed by atoms with Crippen LogP contribution in [0.15, 0.2) is 22.1 Å². The molecule has 0 radical (unpaired) electrons. The zero-order chi connectivity index (χ0) is 13.1. The highest BCUT2D eigenvalue weighted by Gasteiger charge is 2.17. The van der Waals surface area contributed by atoms with Gasteiger partial charge in [0.2, 0.25) is 12.2 Å². The summed E-state index contributed by atoms with van der Waals surface area (Å²) in [5, 5.41) is 0. The summed E-state index contributed by atoms with van der Waals surface area (Å²) < 4.78 is 0. The molecule has 0 fully saturated rings. The van der Waals surface area contributed by atoms with Gasteiger partial charge in [0.25, 0.3) is 0 Å². The van der Waals surface area contributed by atoms with Crippen LogP contribution in [0.3, 0.4) is 0 Å². The molecule has 0 amide bonds. The first-order valence-electron chi connectivity index (χ1n) is 5.21. The third-order valence-corrected chi connectivity index (χ3v) is 2.55. The van der Waals surface area contributed by atoms with Gasteiger partial charge in [-0.1, -0.05) is 20.8 Å². The van der Waals surface area contributed by atoms with Crippen LogP contribution in [-0.4, -0.2) is 12.2 Å². The molecule has 4 heteroatoms. The van der Waals surface area contributed by atoms with Crippen molar-refractivity contribution in [3.63, 3.8) is 0 Å². The van der Waals surface area contributed by atoms with Gasteiger partial charge in [0, 0.05) is 5.56 Å². The number of hydrogen-bond donors (Lipinski definition) is 0. The summed E-state index contributed by atoms with van der Waals surface area (Å²) in [6.07, 6.45) is 3.02. The first kappa shape index (κ1) is 13.0. The van der Waals surface area contributed by atoms with Crippen LogP contribution in [0.25, 0.3) is 0 Å². The number of hydrogen-bond acceptors (Lipinski definition) is 4. The predicted octanol–water partition coefficient (Wildman–Crippen LogP) is 3.23. The molecule has 0 heterocycles. The molecule has 1 rings (SSSR count). The third kappa shape index (κ3) is 2.97. The Bertz CT molecular complexity index is 490. The second kappa shape index (κ2) is 4.88. The third-order valence-electron chi connectivity index (χ3n) is 2.55. The molecule has 0 unspecified atom stereocenters. The molecule has 0 N–H and O–H groups in total. The molecule has 1 aromatic carbocycles. The van der Waals surface area contributed by atoms with Gasteiger partial charge in [-0.2, -0.15) is 9.98 Å². The zero-order valence-electron chi connectivity index (χ0n) is 10.4.